The largest absolute Gasteiger partial charge is 0.370 e. The molecule has 0 bridgehead atoms. The monoisotopic (exact) mass is 369 g/mol. The van der Waals surface area contributed by atoms with Gasteiger partial charge < -0.3 is 16.0 Å². The molecular weight excluding hydrogens is 350 g/mol. The van der Waals surface area contributed by atoms with Gasteiger partial charge in [-0.05, 0) is 54.8 Å². The van der Waals surface area contributed by atoms with E-state index in [2.05, 4.69) is 10.2 Å². The Kier molecular flexibility index (Phi) is 5.58. The third-order valence-corrected chi connectivity index (χ3v) is 4.53. The molecule has 1 aliphatic rings. The molecule has 0 radical (unpaired) electrons. The average Bonchev–Trinajstić information content (AvgIpc) is 3.15. The molecule has 1 saturated heterocycles. The summed E-state index contributed by atoms with van der Waals surface area (Å²) in [7, 11) is 0. The zero-order valence-electron chi connectivity index (χ0n) is 14.2. The number of benzene rings is 2. The number of nitrogens with one attached hydrogen (secondary N) is 1. The molecule has 2 aromatic rings. The molecule has 1 aliphatic heterocycles. The fourth-order valence-corrected chi connectivity index (χ4v) is 3.07. The van der Waals surface area contributed by atoms with Crippen molar-refractivity contribution < 1.29 is 9.59 Å². The number of nitrogens with two attached hydrogens (primary N) is 1. The van der Waals surface area contributed by atoms with Gasteiger partial charge in [0.05, 0.1) is 11.4 Å². The van der Waals surface area contributed by atoms with Gasteiger partial charge in [0, 0.05) is 29.8 Å². The van der Waals surface area contributed by atoms with Crippen molar-refractivity contribution in [2.75, 3.05) is 23.3 Å². The van der Waals surface area contributed by atoms with Crippen LogP contribution in [0.25, 0.3) is 6.08 Å². The Labute approximate surface area is 157 Å². The Morgan fingerprint density at radius 2 is 1.77 bits per heavy atom. The Hall–Kier alpha value is -2.79. The second-order valence-electron chi connectivity index (χ2n) is 6.16. The molecule has 3 rings (SSSR count). The van der Waals surface area contributed by atoms with Crippen LogP contribution in [-0.4, -0.2) is 24.9 Å². The Balaban J connectivity index is 1.79. The molecule has 0 unspecified atom stereocenters. The SMILES string of the molecule is NC(=O)c1ccc(N2CCCC2)c(NC(=O)C=Cc2ccc(Cl)cc2)c1. The molecule has 0 spiro atoms. The smallest absolute Gasteiger partial charge is 0.248 e. The fraction of sp³-hybridized carbons (Fsp3) is 0.200. The molecule has 6 heteroatoms. The van der Waals surface area contributed by atoms with Crippen LogP contribution in [0.2, 0.25) is 5.02 Å². The number of carbonyl (C=O) groups excluding carboxylic acids is 2. The van der Waals surface area contributed by atoms with Gasteiger partial charge in [-0.3, -0.25) is 9.59 Å². The van der Waals surface area contributed by atoms with Gasteiger partial charge in [-0.1, -0.05) is 23.7 Å². The van der Waals surface area contributed by atoms with Crippen molar-refractivity contribution in [1.82, 2.24) is 0 Å². The van der Waals surface area contributed by atoms with E-state index in [0.29, 0.717) is 16.3 Å². The lowest BCUT2D eigenvalue weighted by Crippen LogP contribution is -2.21. The van der Waals surface area contributed by atoms with Crippen molar-refractivity contribution in [2.24, 2.45) is 5.73 Å². The van der Waals surface area contributed by atoms with E-state index in [0.717, 1.165) is 37.2 Å². The van der Waals surface area contributed by atoms with Crippen molar-refractivity contribution in [2.45, 2.75) is 12.8 Å². The molecule has 134 valence electrons. The van der Waals surface area contributed by atoms with Gasteiger partial charge in [-0.15, -0.1) is 0 Å². The summed E-state index contributed by atoms with van der Waals surface area (Å²) in [6.45, 7) is 1.86. The Bertz CT molecular complexity index is 841. The lowest BCUT2D eigenvalue weighted by atomic mass is 10.1. The van der Waals surface area contributed by atoms with Crippen LogP contribution >= 0.6 is 11.6 Å². The fourth-order valence-electron chi connectivity index (χ4n) is 2.94. The van der Waals surface area contributed by atoms with E-state index in [1.54, 1.807) is 30.3 Å². The van der Waals surface area contributed by atoms with Crippen molar-refractivity contribution in [3.05, 3.63) is 64.7 Å². The predicted molar refractivity (Wildman–Crippen MR) is 106 cm³/mol. The highest BCUT2D eigenvalue weighted by Crippen LogP contribution is 2.30. The number of anilines is 2. The first kappa shape index (κ1) is 18.0. The quantitative estimate of drug-likeness (QED) is 0.789. The maximum absolute atomic E-state index is 12.3. The topological polar surface area (TPSA) is 75.4 Å². The van der Waals surface area contributed by atoms with Gasteiger partial charge in [0.15, 0.2) is 0 Å². The summed E-state index contributed by atoms with van der Waals surface area (Å²) >= 11 is 5.86. The van der Waals surface area contributed by atoms with Gasteiger partial charge in [-0.25, -0.2) is 0 Å². The highest BCUT2D eigenvalue weighted by Gasteiger charge is 2.17. The van der Waals surface area contributed by atoms with E-state index in [9.17, 15) is 9.59 Å². The van der Waals surface area contributed by atoms with Gasteiger partial charge in [0.1, 0.15) is 0 Å². The summed E-state index contributed by atoms with van der Waals surface area (Å²) in [5.74, 6) is -0.799. The minimum Gasteiger partial charge on any atom is -0.370 e. The molecule has 2 amide bonds. The molecule has 5 nitrogen and oxygen atoms in total. The normalized spacial score (nSPS) is 14.0. The summed E-state index contributed by atoms with van der Waals surface area (Å²) in [5, 5.41) is 3.51. The minimum atomic E-state index is -0.523. The summed E-state index contributed by atoms with van der Waals surface area (Å²) in [6, 6.07) is 12.3. The molecule has 1 fully saturated rings. The van der Waals surface area contributed by atoms with E-state index in [4.69, 9.17) is 17.3 Å². The number of amides is 2. The van der Waals surface area contributed by atoms with Crippen LogP contribution in [0.4, 0.5) is 11.4 Å². The number of carbonyl (C=O) groups is 2. The molecule has 3 N–H and O–H groups in total. The van der Waals surface area contributed by atoms with E-state index in [1.165, 1.54) is 6.08 Å². The molecular formula is C20H20ClN3O2. The van der Waals surface area contributed by atoms with Crippen molar-refractivity contribution in [1.29, 1.82) is 0 Å². The molecule has 0 saturated carbocycles. The molecule has 2 aromatic carbocycles. The molecule has 0 atom stereocenters. The second kappa shape index (κ2) is 8.06. The van der Waals surface area contributed by atoms with Gasteiger partial charge in [-0.2, -0.15) is 0 Å². The third kappa shape index (κ3) is 4.43. The van der Waals surface area contributed by atoms with Crippen LogP contribution in [0, 0.1) is 0 Å². The van der Waals surface area contributed by atoms with Crippen LogP contribution in [0.15, 0.2) is 48.5 Å². The molecule has 26 heavy (non-hydrogen) atoms. The van der Waals surface area contributed by atoms with E-state index in [-0.39, 0.29) is 5.91 Å². The second-order valence-corrected chi connectivity index (χ2v) is 6.60. The maximum Gasteiger partial charge on any atom is 0.248 e. The zero-order chi connectivity index (χ0) is 18.5. The minimum absolute atomic E-state index is 0.276. The van der Waals surface area contributed by atoms with Crippen LogP contribution < -0.4 is 16.0 Å². The van der Waals surface area contributed by atoms with Crippen LogP contribution in [0.5, 0.6) is 0 Å². The first-order valence-electron chi connectivity index (χ1n) is 8.46. The van der Waals surface area contributed by atoms with E-state index in [1.807, 2.05) is 18.2 Å². The lowest BCUT2D eigenvalue weighted by Gasteiger charge is -2.21. The number of primary amides is 1. The molecule has 0 aliphatic carbocycles. The van der Waals surface area contributed by atoms with Gasteiger partial charge >= 0.3 is 0 Å². The number of hydrogen-bond donors (Lipinski definition) is 2. The van der Waals surface area contributed by atoms with Crippen LogP contribution in [0.1, 0.15) is 28.8 Å². The van der Waals surface area contributed by atoms with Crippen molar-refractivity contribution in [3.63, 3.8) is 0 Å². The zero-order valence-corrected chi connectivity index (χ0v) is 15.0. The predicted octanol–water partition coefficient (Wildman–Crippen LogP) is 3.69. The molecule has 0 aromatic heterocycles. The number of hydrogen-bond acceptors (Lipinski definition) is 3. The summed E-state index contributed by atoms with van der Waals surface area (Å²) in [5.41, 5.74) is 8.11. The standard InChI is InChI=1S/C20H20ClN3O2/c21-16-7-3-14(4-8-16)5-10-19(25)23-17-13-15(20(22)26)6-9-18(17)24-11-1-2-12-24/h3-10,13H,1-2,11-12H2,(H2,22,26)(H,23,25). The maximum atomic E-state index is 12.3. The lowest BCUT2D eigenvalue weighted by molar-refractivity contribution is -0.111. The van der Waals surface area contributed by atoms with Gasteiger partial charge in [0.2, 0.25) is 11.8 Å². The molecule has 1 heterocycles. The first-order chi connectivity index (χ1) is 12.5. The van der Waals surface area contributed by atoms with Crippen LogP contribution in [-0.2, 0) is 4.79 Å². The van der Waals surface area contributed by atoms with Gasteiger partial charge in [0.25, 0.3) is 0 Å². The highest BCUT2D eigenvalue weighted by molar-refractivity contribution is 6.30. The summed E-state index contributed by atoms with van der Waals surface area (Å²) in [6.07, 6.45) is 5.38. The number of halogens is 1. The van der Waals surface area contributed by atoms with Crippen molar-refractivity contribution >= 4 is 40.9 Å². The highest BCUT2D eigenvalue weighted by atomic mass is 35.5. The summed E-state index contributed by atoms with van der Waals surface area (Å²) < 4.78 is 0. The Morgan fingerprint density at radius 1 is 1.08 bits per heavy atom. The van der Waals surface area contributed by atoms with Crippen LogP contribution in [0.3, 0.4) is 0 Å². The first-order valence-corrected chi connectivity index (χ1v) is 8.84. The van der Waals surface area contributed by atoms with E-state index >= 15 is 0 Å². The third-order valence-electron chi connectivity index (χ3n) is 4.28. The Morgan fingerprint density at radius 3 is 2.42 bits per heavy atom. The van der Waals surface area contributed by atoms with E-state index < -0.39 is 5.91 Å². The summed E-state index contributed by atoms with van der Waals surface area (Å²) in [4.78, 5) is 26.0. The average molecular weight is 370 g/mol. The van der Waals surface area contributed by atoms with Crippen molar-refractivity contribution in [3.8, 4) is 0 Å². The number of rotatable bonds is 5. The number of nitrogens with zero attached hydrogens (tertiary/aromatic N) is 1.